The van der Waals surface area contributed by atoms with Crippen molar-refractivity contribution in [2.75, 3.05) is 24.6 Å². The molecule has 0 aromatic heterocycles. The summed E-state index contributed by atoms with van der Waals surface area (Å²) < 4.78 is 5.56. The number of aryl methyl sites for hydroxylation is 1. The predicted octanol–water partition coefficient (Wildman–Crippen LogP) is 1.97. The molecule has 1 aromatic rings. The van der Waals surface area contributed by atoms with Crippen LogP contribution >= 0.6 is 0 Å². The lowest BCUT2D eigenvalue weighted by Crippen LogP contribution is -2.27. The molecule has 1 aliphatic carbocycles. The Bertz CT molecular complexity index is 367. The molecule has 1 aliphatic rings. The molecule has 0 heterocycles. The van der Waals surface area contributed by atoms with Gasteiger partial charge in [-0.1, -0.05) is 12.1 Å². The minimum atomic E-state index is -0.218. The standard InChI is InChI=1S/C14H21NO2/c1-3-15(7-8-17-14-10-13(14)16)12-6-4-5-11(2)9-12/h4-6,9,13-14,16H,3,7-8,10H2,1-2H3. The third-order valence-electron chi connectivity index (χ3n) is 3.14. The Morgan fingerprint density at radius 2 is 2.24 bits per heavy atom. The number of rotatable bonds is 6. The number of hydrogen-bond acceptors (Lipinski definition) is 3. The maximum absolute atomic E-state index is 9.16. The van der Waals surface area contributed by atoms with Crippen molar-refractivity contribution in [1.29, 1.82) is 0 Å². The minimum absolute atomic E-state index is 0.0891. The lowest BCUT2D eigenvalue weighted by atomic mass is 10.2. The van der Waals surface area contributed by atoms with E-state index in [1.54, 1.807) is 0 Å². The highest BCUT2D eigenvalue weighted by Crippen LogP contribution is 2.24. The molecule has 3 heteroatoms. The second-order valence-electron chi connectivity index (χ2n) is 4.63. The number of benzene rings is 1. The summed E-state index contributed by atoms with van der Waals surface area (Å²) in [7, 11) is 0. The molecule has 94 valence electrons. The SMILES string of the molecule is CCN(CCOC1CC1O)c1cccc(C)c1. The molecule has 1 saturated carbocycles. The van der Waals surface area contributed by atoms with Gasteiger partial charge >= 0.3 is 0 Å². The topological polar surface area (TPSA) is 32.7 Å². The van der Waals surface area contributed by atoms with E-state index in [-0.39, 0.29) is 12.2 Å². The van der Waals surface area contributed by atoms with E-state index in [4.69, 9.17) is 9.84 Å². The van der Waals surface area contributed by atoms with E-state index in [1.165, 1.54) is 11.3 Å². The van der Waals surface area contributed by atoms with Crippen LogP contribution in [-0.4, -0.2) is 37.0 Å². The molecule has 3 nitrogen and oxygen atoms in total. The normalized spacial score (nSPS) is 22.5. The fourth-order valence-corrected chi connectivity index (χ4v) is 1.95. The highest BCUT2D eigenvalue weighted by atomic mass is 16.5. The summed E-state index contributed by atoms with van der Waals surface area (Å²) >= 11 is 0. The Balaban J connectivity index is 1.83. The predicted molar refractivity (Wildman–Crippen MR) is 69.4 cm³/mol. The van der Waals surface area contributed by atoms with Crippen LogP contribution in [0.1, 0.15) is 18.9 Å². The van der Waals surface area contributed by atoms with Gasteiger partial charge in [0.2, 0.25) is 0 Å². The molecule has 0 bridgehead atoms. The number of anilines is 1. The molecule has 0 amide bonds. The first-order chi connectivity index (χ1) is 8.20. The van der Waals surface area contributed by atoms with Crippen molar-refractivity contribution < 1.29 is 9.84 Å². The molecular weight excluding hydrogens is 214 g/mol. The van der Waals surface area contributed by atoms with Crippen molar-refractivity contribution in [3.05, 3.63) is 29.8 Å². The lowest BCUT2D eigenvalue weighted by molar-refractivity contribution is 0.0875. The molecule has 0 radical (unpaired) electrons. The zero-order chi connectivity index (χ0) is 12.3. The number of likely N-dealkylation sites (N-methyl/N-ethyl adjacent to an activating group) is 1. The van der Waals surface area contributed by atoms with Crippen molar-refractivity contribution in [2.24, 2.45) is 0 Å². The Labute approximate surface area is 103 Å². The van der Waals surface area contributed by atoms with Gasteiger partial charge in [-0.3, -0.25) is 0 Å². The molecule has 1 N–H and O–H groups in total. The van der Waals surface area contributed by atoms with E-state index in [0.717, 1.165) is 19.5 Å². The first kappa shape index (κ1) is 12.4. The smallest absolute Gasteiger partial charge is 0.0861 e. The zero-order valence-corrected chi connectivity index (χ0v) is 10.6. The maximum atomic E-state index is 9.16. The summed E-state index contributed by atoms with van der Waals surface area (Å²) in [6.45, 7) is 6.79. The van der Waals surface area contributed by atoms with Gasteiger partial charge in [0.1, 0.15) is 0 Å². The van der Waals surface area contributed by atoms with E-state index in [2.05, 4.69) is 43.0 Å². The van der Waals surface area contributed by atoms with Crippen LogP contribution in [0.5, 0.6) is 0 Å². The fraction of sp³-hybridized carbons (Fsp3) is 0.571. The second kappa shape index (κ2) is 5.52. The third-order valence-corrected chi connectivity index (χ3v) is 3.14. The van der Waals surface area contributed by atoms with Crippen LogP contribution in [0.15, 0.2) is 24.3 Å². The Hall–Kier alpha value is -1.06. The average Bonchev–Trinajstić information content (AvgIpc) is 3.01. The molecule has 2 atom stereocenters. The summed E-state index contributed by atoms with van der Waals surface area (Å²) in [6.07, 6.45) is 0.673. The van der Waals surface area contributed by atoms with Crippen molar-refractivity contribution in [2.45, 2.75) is 32.5 Å². The Morgan fingerprint density at radius 3 is 2.82 bits per heavy atom. The molecule has 0 saturated heterocycles. The average molecular weight is 235 g/mol. The van der Waals surface area contributed by atoms with Gasteiger partial charge in [0, 0.05) is 25.2 Å². The Morgan fingerprint density at radius 1 is 1.47 bits per heavy atom. The first-order valence-corrected chi connectivity index (χ1v) is 6.32. The minimum Gasteiger partial charge on any atom is -0.390 e. The number of hydrogen-bond donors (Lipinski definition) is 1. The van der Waals surface area contributed by atoms with Gasteiger partial charge < -0.3 is 14.7 Å². The molecular formula is C14H21NO2. The summed E-state index contributed by atoms with van der Waals surface area (Å²) in [6, 6.07) is 8.51. The fourth-order valence-electron chi connectivity index (χ4n) is 1.95. The van der Waals surface area contributed by atoms with Crippen LogP contribution in [0.25, 0.3) is 0 Å². The molecule has 1 fully saturated rings. The molecule has 1 aromatic carbocycles. The Kier molecular flexibility index (Phi) is 4.02. The second-order valence-corrected chi connectivity index (χ2v) is 4.63. The lowest BCUT2D eigenvalue weighted by Gasteiger charge is -2.23. The molecule has 2 rings (SSSR count). The van der Waals surface area contributed by atoms with E-state index in [0.29, 0.717) is 6.61 Å². The van der Waals surface area contributed by atoms with Gasteiger partial charge in [-0.05, 0) is 31.5 Å². The summed E-state index contributed by atoms with van der Waals surface area (Å²) in [5, 5.41) is 9.16. The molecule has 17 heavy (non-hydrogen) atoms. The van der Waals surface area contributed by atoms with Crippen molar-refractivity contribution in [3.8, 4) is 0 Å². The highest BCUT2D eigenvalue weighted by molar-refractivity contribution is 5.48. The first-order valence-electron chi connectivity index (χ1n) is 6.32. The highest BCUT2D eigenvalue weighted by Gasteiger charge is 2.36. The molecule has 0 aliphatic heterocycles. The van der Waals surface area contributed by atoms with E-state index in [9.17, 15) is 0 Å². The van der Waals surface area contributed by atoms with Gasteiger partial charge in [0.15, 0.2) is 0 Å². The maximum Gasteiger partial charge on any atom is 0.0861 e. The van der Waals surface area contributed by atoms with Crippen LogP contribution in [0.2, 0.25) is 0 Å². The van der Waals surface area contributed by atoms with Crippen LogP contribution in [0.3, 0.4) is 0 Å². The van der Waals surface area contributed by atoms with Gasteiger partial charge in [-0.15, -0.1) is 0 Å². The summed E-state index contributed by atoms with van der Waals surface area (Å²) in [5.74, 6) is 0. The third kappa shape index (κ3) is 3.45. The van der Waals surface area contributed by atoms with Gasteiger partial charge in [0.05, 0.1) is 18.8 Å². The van der Waals surface area contributed by atoms with E-state index >= 15 is 0 Å². The van der Waals surface area contributed by atoms with Crippen LogP contribution in [0, 0.1) is 6.92 Å². The van der Waals surface area contributed by atoms with Crippen LogP contribution in [0.4, 0.5) is 5.69 Å². The quantitative estimate of drug-likeness (QED) is 0.818. The van der Waals surface area contributed by atoms with Gasteiger partial charge in [-0.2, -0.15) is 0 Å². The number of ether oxygens (including phenoxy) is 1. The largest absolute Gasteiger partial charge is 0.390 e. The summed E-state index contributed by atoms with van der Waals surface area (Å²) in [5.41, 5.74) is 2.52. The number of aliphatic hydroxyl groups is 1. The van der Waals surface area contributed by atoms with Gasteiger partial charge in [0.25, 0.3) is 0 Å². The summed E-state index contributed by atoms with van der Waals surface area (Å²) in [4.78, 5) is 2.29. The monoisotopic (exact) mass is 235 g/mol. The van der Waals surface area contributed by atoms with Gasteiger partial charge in [-0.25, -0.2) is 0 Å². The van der Waals surface area contributed by atoms with Crippen LogP contribution < -0.4 is 4.90 Å². The van der Waals surface area contributed by atoms with Crippen LogP contribution in [-0.2, 0) is 4.74 Å². The van der Waals surface area contributed by atoms with E-state index < -0.39 is 0 Å². The van der Waals surface area contributed by atoms with E-state index in [1.807, 2.05) is 0 Å². The molecule has 2 unspecified atom stereocenters. The zero-order valence-electron chi connectivity index (χ0n) is 10.6. The number of aliphatic hydroxyl groups excluding tert-OH is 1. The van der Waals surface area contributed by atoms with Crippen molar-refractivity contribution >= 4 is 5.69 Å². The number of nitrogens with zero attached hydrogens (tertiary/aromatic N) is 1. The van der Waals surface area contributed by atoms with Crippen molar-refractivity contribution in [1.82, 2.24) is 0 Å². The molecule has 0 spiro atoms. The van der Waals surface area contributed by atoms with Crippen molar-refractivity contribution in [3.63, 3.8) is 0 Å².